The van der Waals surface area contributed by atoms with Crippen molar-refractivity contribution in [1.82, 2.24) is 15.0 Å². The van der Waals surface area contributed by atoms with E-state index in [9.17, 15) is 4.79 Å². The van der Waals surface area contributed by atoms with E-state index in [4.69, 9.17) is 16.3 Å². The fourth-order valence-corrected chi connectivity index (χ4v) is 3.55. The Morgan fingerprint density at radius 3 is 2.77 bits per heavy atom. The molecular weight excluding hydrogens is 416 g/mol. The zero-order valence-electron chi connectivity index (χ0n) is 17.1. The number of rotatable bonds is 6. The third kappa shape index (κ3) is 5.82. The predicted octanol–water partition coefficient (Wildman–Crippen LogP) is 4.27. The number of carbonyl (C=O) groups is 1. The van der Waals surface area contributed by atoms with Crippen LogP contribution in [0.4, 0.5) is 23.3 Å². The van der Waals surface area contributed by atoms with Gasteiger partial charge in [0.05, 0.1) is 6.54 Å². The minimum absolute atomic E-state index is 0.0393. The number of ether oxygens (including phenoxy) is 1. The normalized spacial score (nSPS) is 15.9. The summed E-state index contributed by atoms with van der Waals surface area (Å²) in [7, 11) is 0. The largest absolute Gasteiger partial charge is 0.489 e. The molecule has 2 heterocycles. The van der Waals surface area contributed by atoms with E-state index in [1.165, 1.54) is 13.3 Å². The molecule has 0 radical (unpaired) electrons. The molecule has 1 fully saturated rings. The number of aromatic nitrogens is 3. The predicted molar refractivity (Wildman–Crippen MR) is 121 cm³/mol. The van der Waals surface area contributed by atoms with Gasteiger partial charge in [0.2, 0.25) is 17.8 Å². The quantitative estimate of drug-likeness (QED) is 0.593. The maximum atomic E-state index is 11.3. The highest BCUT2D eigenvalue weighted by Gasteiger charge is 2.23. The number of halogens is 1. The summed E-state index contributed by atoms with van der Waals surface area (Å²) in [5.41, 5.74) is 1.47. The second-order valence-electron chi connectivity index (χ2n) is 7.28. The molecule has 1 saturated heterocycles. The van der Waals surface area contributed by atoms with E-state index in [1.54, 1.807) is 0 Å². The number of amides is 1. The van der Waals surface area contributed by atoms with Crippen molar-refractivity contribution in [2.24, 2.45) is 0 Å². The van der Waals surface area contributed by atoms with E-state index in [0.29, 0.717) is 29.2 Å². The molecule has 1 aliphatic heterocycles. The summed E-state index contributed by atoms with van der Waals surface area (Å²) < 4.78 is 6.11. The van der Waals surface area contributed by atoms with Crippen molar-refractivity contribution in [3.8, 4) is 5.75 Å². The summed E-state index contributed by atoms with van der Waals surface area (Å²) in [6.07, 6.45) is 3.47. The molecule has 2 aromatic carbocycles. The van der Waals surface area contributed by atoms with Crippen LogP contribution >= 0.6 is 11.6 Å². The molecule has 8 nitrogen and oxygen atoms in total. The minimum atomic E-state index is -0.125. The Hall–Kier alpha value is -3.39. The molecule has 31 heavy (non-hydrogen) atoms. The summed E-state index contributed by atoms with van der Waals surface area (Å²) in [6, 6.07) is 14.8. The number of hydrogen-bond donors (Lipinski definition) is 2. The van der Waals surface area contributed by atoms with Gasteiger partial charge in [-0.1, -0.05) is 17.7 Å². The van der Waals surface area contributed by atoms with Crippen LogP contribution in [0.5, 0.6) is 5.75 Å². The van der Waals surface area contributed by atoms with Crippen LogP contribution in [-0.2, 0) is 4.79 Å². The Kier molecular flexibility index (Phi) is 6.47. The van der Waals surface area contributed by atoms with Gasteiger partial charge in [-0.2, -0.15) is 4.98 Å². The number of hydrogen-bond acceptors (Lipinski definition) is 7. The third-order valence-corrected chi connectivity index (χ3v) is 5.03. The van der Waals surface area contributed by atoms with Gasteiger partial charge in [-0.3, -0.25) is 4.79 Å². The molecule has 3 aromatic rings. The van der Waals surface area contributed by atoms with Crippen molar-refractivity contribution < 1.29 is 9.53 Å². The number of anilines is 4. The van der Waals surface area contributed by atoms with Crippen LogP contribution in [0.2, 0.25) is 5.02 Å². The maximum absolute atomic E-state index is 11.3. The molecule has 160 valence electrons. The average molecular weight is 439 g/mol. The lowest BCUT2D eigenvalue weighted by atomic mass is 10.1. The fraction of sp³-hybridized carbons (Fsp3) is 0.273. The Balaban J connectivity index is 1.42. The van der Waals surface area contributed by atoms with Crippen LogP contribution in [0.3, 0.4) is 0 Å². The van der Waals surface area contributed by atoms with Crippen LogP contribution in [0.1, 0.15) is 19.8 Å². The Morgan fingerprint density at radius 1 is 1.16 bits per heavy atom. The zero-order chi connectivity index (χ0) is 21.6. The molecule has 1 unspecified atom stereocenters. The molecule has 0 spiro atoms. The lowest BCUT2D eigenvalue weighted by Gasteiger charge is -2.32. The van der Waals surface area contributed by atoms with Crippen molar-refractivity contribution in [2.45, 2.75) is 25.9 Å². The first-order valence-corrected chi connectivity index (χ1v) is 10.4. The summed E-state index contributed by atoms with van der Waals surface area (Å²) in [5.74, 6) is 1.71. The lowest BCUT2D eigenvalue weighted by molar-refractivity contribution is -0.114. The van der Waals surface area contributed by atoms with Gasteiger partial charge in [-0.05, 0) is 55.3 Å². The van der Waals surface area contributed by atoms with Gasteiger partial charge in [0, 0.05) is 29.9 Å². The van der Waals surface area contributed by atoms with Gasteiger partial charge < -0.3 is 20.3 Å². The molecule has 9 heteroatoms. The maximum Gasteiger partial charge on any atom is 0.231 e. The highest BCUT2D eigenvalue weighted by molar-refractivity contribution is 6.30. The van der Waals surface area contributed by atoms with Crippen LogP contribution in [-0.4, -0.2) is 40.1 Å². The van der Waals surface area contributed by atoms with Gasteiger partial charge in [-0.15, -0.1) is 0 Å². The highest BCUT2D eigenvalue weighted by Crippen LogP contribution is 2.23. The van der Waals surface area contributed by atoms with Crippen LogP contribution in [0.15, 0.2) is 54.9 Å². The average Bonchev–Trinajstić information content (AvgIpc) is 2.76. The van der Waals surface area contributed by atoms with Crippen molar-refractivity contribution in [2.75, 3.05) is 28.6 Å². The third-order valence-electron chi connectivity index (χ3n) is 4.78. The van der Waals surface area contributed by atoms with Crippen molar-refractivity contribution in [3.63, 3.8) is 0 Å². The number of piperidine rings is 1. The number of carbonyl (C=O) groups excluding carboxylic acids is 1. The zero-order valence-corrected chi connectivity index (χ0v) is 17.8. The van der Waals surface area contributed by atoms with Crippen LogP contribution in [0.25, 0.3) is 0 Å². The van der Waals surface area contributed by atoms with Crippen LogP contribution < -0.4 is 20.3 Å². The first-order chi connectivity index (χ1) is 15.0. The summed E-state index contributed by atoms with van der Waals surface area (Å²) in [6.45, 7) is 3.01. The molecule has 1 amide bonds. The first kappa shape index (κ1) is 20.9. The molecule has 1 aliphatic rings. The van der Waals surface area contributed by atoms with E-state index in [1.807, 2.05) is 48.5 Å². The lowest BCUT2D eigenvalue weighted by Crippen LogP contribution is -2.42. The van der Waals surface area contributed by atoms with Crippen molar-refractivity contribution in [3.05, 3.63) is 59.9 Å². The molecule has 1 atom stereocenters. The number of nitrogens with zero attached hydrogens (tertiary/aromatic N) is 4. The van der Waals surface area contributed by atoms with E-state index in [2.05, 4.69) is 30.5 Å². The van der Waals surface area contributed by atoms with E-state index in [-0.39, 0.29) is 12.0 Å². The van der Waals surface area contributed by atoms with Crippen molar-refractivity contribution >= 4 is 40.8 Å². The van der Waals surface area contributed by atoms with Gasteiger partial charge in [-0.25, -0.2) is 9.97 Å². The molecule has 2 N–H and O–H groups in total. The molecule has 0 aliphatic carbocycles. The van der Waals surface area contributed by atoms with E-state index >= 15 is 0 Å². The van der Waals surface area contributed by atoms with Gasteiger partial charge in [0.15, 0.2) is 0 Å². The Morgan fingerprint density at radius 2 is 1.97 bits per heavy atom. The van der Waals surface area contributed by atoms with E-state index in [0.717, 1.165) is 30.8 Å². The smallest absolute Gasteiger partial charge is 0.231 e. The second kappa shape index (κ2) is 9.61. The molecule has 0 bridgehead atoms. The molecule has 4 rings (SSSR count). The van der Waals surface area contributed by atoms with Gasteiger partial charge in [0.25, 0.3) is 0 Å². The highest BCUT2D eigenvalue weighted by atomic mass is 35.5. The summed E-state index contributed by atoms with van der Waals surface area (Å²) >= 11 is 5.95. The fourth-order valence-electron chi connectivity index (χ4n) is 3.43. The SMILES string of the molecule is CC(=O)Nc1cccc(Nc2ncnc(N3CCCC(Oc4ccc(Cl)cc4)C3)n2)c1. The first-order valence-electron chi connectivity index (χ1n) is 10.1. The molecular formula is C22H23ClN6O2. The van der Waals surface area contributed by atoms with E-state index < -0.39 is 0 Å². The number of nitrogens with one attached hydrogen (secondary N) is 2. The van der Waals surface area contributed by atoms with Gasteiger partial charge in [0.1, 0.15) is 18.2 Å². The van der Waals surface area contributed by atoms with Gasteiger partial charge >= 0.3 is 0 Å². The second-order valence-corrected chi connectivity index (χ2v) is 7.71. The summed E-state index contributed by atoms with van der Waals surface area (Å²) in [4.78, 5) is 26.5. The topological polar surface area (TPSA) is 92.3 Å². The number of benzene rings is 2. The minimum Gasteiger partial charge on any atom is -0.489 e. The monoisotopic (exact) mass is 438 g/mol. The standard InChI is InChI=1S/C22H23ClN6O2/c1-15(30)26-17-4-2-5-18(12-17)27-21-24-14-25-22(28-21)29-11-3-6-20(13-29)31-19-9-7-16(23)8-10-19/h2,4-5,7-10,12,14,20H,3,6,11,13H2,1H3,(H,26,30)(H,24,25,27,28). The Bertz CT molecular complexity index is 1050. The Labute approximate surface area is 185 Å². The van der Waals surface area contributed by atoms with Crippen LogP contribution in [0, 0.1) is 0 Å². The summed E-state index contributed by atoms with van der Waals surface area (Å²) in [5, 5.41) is 6.62. The van der Waals surface area contributed by atoms with Crippen molar-refractivity contribution in [1.29, 1.82) is 0 Å². The molecule has 0 saturated carbocycles. The molecule has 1 aromatic heterocycles.